The molecule has 0 heterocycles. The minimum absolute atomic E-state index is 0.0275. The van der Waals surface area contributed by atoms with Gasteiger partial charge in [0.05, 0.1) is 4.90 Å². The molecule has 19 heavy (non-hydrogen) atoms. The van der Waals surface area contributed by atoms with Gasteiger partial charge in [-0.1, -0.05) is 15.9 Å². The van der Waals surface area contributed by atoms with Crippen LogP contribution < -0.4 is 0 Å². The first kappa shape index (κ1) is 17.1. The summed E-state index contributed by atoms with van der Waals surface area (Å²) in [5.74, 6) is 0. The molecule has 0 spiro atoms. The third-order valence-corrected chi connectivity index (χ3v) is 6.14. The number of hydrogen-bond acceptors (Lipinski definition) is 3. The molecule has 0 aliphatic heterocycles. The molecule has 0 amide bonds. The second-order valence-electron chi connectivity index (χ2n) is 4.36. The van der Waals surface area contributed by atoms with Crippen molar-refractivity contribution in [2.45, 2.75) is 31.2 Å². The van der Waals surface area contributed by atoms with Crippen LogP contribution in [0.5, 0.6) is 0 Å². The molecule has 0 aliphatic rings. The van der Waals surface area contributed by atoms with Crippen LogP contribution in [-0.4, -0.2) is 37.0 Å². The lowest BCUT2D eigenvalue weighted by molar-refractivity contribution is 0.258. The highest BCUT2D eigenvalue weighted by Gasteiger charge is 2.28. The maximum Gasteiger partial charge on any atom is 0.244 e. The lowest BCUT2D eigenvalue weighted by Crippen LogP contribution is -2.38. The van der Waals surface area contributed by atoms with Crippen LogP contribution in [0.2, 0.25) is 0 Å². The van der Waals surface area contributed by atoms with Crippen LogP contribution in [0, 0.1) is 0 Å². The third-order valence-electron chi connectivity index (χ3n) is 2.59. The molecule has 0 unspecified atom stereocenters. The van der Waals surface area contributed by atoms with Crippen molar-refractivity contribution in [3.63, 3.8) is 0 Å². The van der Waals surface area contributed by atoms with Gasteiger partial charge in [-0.3, -0.25) is 0 Å². The Morgan fingerprint density at radius 2 is 1.95 bits per heavy atom. The zero-order valence-corrected chi connectivity index (χ0v) is 14.8. The van der Waals surface area contributed by atoms with Crippen LogP contribution in [0.4, 0.5) is 0 Å². The Labute approximate surface area is 131 Å². The van der Waals surface area contributed by atoms with E-state index in [9.17, 15) is 8.42 Å². The summed E-state index contributed by atoms with van der Waals surface area (Å²) in [4.78, 5) is 0.238. The average molecular weight is 415 g/mol. The fourth-order valence-corrected chi connectivity index (χ4v) is 5.08. The van der Waals surface area contributed by atoms with Gasteiger partial charge in [0.2, 0.25) is 10.0 Å². The molecule has 108 valence electrons. The van der Waals surface area contributed by atoms with Crippen molar-refractivity contribution < 1.29 is 13.5 Å². The van der Waals surface area contributed by atoms with Gasteiger partial charge < -0.3 is 5.11 Å². The van der Waals surface area contributed by atoms with E-state index in [-0.39, 0.29) is 17.5 Å². The second-order valence-corrected chi connectivity index (χ2v) is 7.99. The van der Waals surface area contributed by atoms with Crippen LogP contribution in [0.1, 0.15) is 20.3 Å². The molecule has 1 aromatic rings. The van der Waals surface area contributed by atoms with Crippen molar-refractivity contribution in [3.8, 4) is 0 Å². The largest absolute Gasteiger partial charge is 0.396 e. The molecule has 1 N–H and O–H groups in total. The van der Waals surface area contributed by atoms with Gasteiger partial charge in [-0.2, -0.15) is 4.31 Å². The topological polar surface area (TPSA) is 57.6 Å². The normalized spacial score (nSPS) is 12.4. The van der Waals surface area contributed by atoms with Crippen molar-refractivity contribution >= 4 is 41.9 Å². The molecular weight excluding hydrogens is 398 g/mol. The Morgan fingerprint density at radius 3 is 2.42 bits per heavy atom. The molecule has 4 nitrogen and oxygen atoms in total. The summed E-state index contributed by atoms with van der Waals surface area (Å²) in [6, 6.07) is 4.81. The Hall–Kier alpha value is 0.0500. The quantitative estimate of drug-likeness (QED) is 0.778. The van der Waals surface area contributed by atoms with Crippen LogP contribution in [-0.2, 0) is 10.0 Å². The highest BCUT2D eigenvalue weighted by atomic mass is 79.9. The Morgan fingerprint density at radius 1 is 1.32 bits per heavy atom. The molecule has 0 bridgehead atoms. The fourth-order valence-electron chi connectivity index (χ4n) is 1.69. The predicted molar refractivity (Wildman–Crippen MR) is 82.6 cm³/mol. The van der Waals surface area contributed by atoms with E-state index in [1.165, 1.54) is 4.31 Å². The van der Waals surface area contributed by atoms with Crippen molar-refractivity contribution in [2.75, 3.05) is 13.2 Å². The van der Waals surface area contributed by atoms with Crippen LogP contribution in [0.25, 0.3) is 0 Å². The standard InChI is InChI=1S/C12H17Br2NO3S/c1-9(2)15(6-3-7-16)19(17,18)12-5-4-10(13)8-11(12)14/h4-5,8-9,16H,3,6-7H2,1-2H3. The first-order chi connectivity index (χ1) is 8.80. The number of benzene rings is 1. The number of sulfonamides is 1. The van der Waals surface area contributed by atoms with Crippen LogP contribution in [0.15, 0.2) is 32.0 Å². The van der Waals surface area contributed by atoms with E-state index in [2.05, 4.69) is 31.9 Å². The first-order valence-electron chi connectivity index (χ1n) is 5.88. The fraction of sp³-hybridized carbons (Fsp3) is 0.500. The maximum atomic E-state index is 12.6. The summed E-state index contributed by atoms with van der Waals surface area (Å²) in [5.41, 5.74) is 0. The van der Waals surface area contributed by atoms with Crippen molar-refractivity contribution in [3.05, 3.63) is 27.1 Å². The molecule has 0 radical (unpaired) electrons. The minimum Gasteiger partial charge on any atom is -0.396 e. The number of rotatable bonds is 6. The summed E-state index contributed by atoms with van der Waals surface area (Å²) < 4.78 is 28.0. The van der Waals surface area contributed by atoms with E-state index >= 15 is 0 Å². The minimum atomic E-state index is -3.57. The van der Waals surface area contributed by atoms with Gasteiger partial charge in [-0.15, -0.1) is 0 Å². The Bertz CT molecular complexity index is 532. The van der Waals surface area contributed by atoms with Gasteiger partial charge in [-0.05, 0) is 54.4 Å². The van der Waals surface area contributed by atoms with Crippen LogP contribution >= 0.6 is 31.9 Å². The van der Waals surface area contributed by atoms with E-state index in [1.54, 1.807) is 18.2 Å². The van der Waals surface area contributed by atoms with Crippen molar-refractivity contribution in [2.24, 2.45) is 0 Å². The molecule has 0 saturated heterocycles. The Kier molecular flexibility index (Phi) is 6.46. The van der Waals surface area contributed by atoms with Crippen molar-refractivity contribution in [1.29, 1.82) is 0 Å². The SMILES string of the molecule is CC(C)N(CCCO)S(=O)(=O)c1ccc(Br)cc1Br. The Balaban J connectivity index is 3.19. The van der Waals surface area contributed by atoms with Crippen LogP contribution in [0.3, 0.4) is 0 Å². The van der Waals surface area contributed by atoms with Gasteiger partial charge in [0.25, 0.3) is 0 Å². The predicted octanol–water partition coefficient (Wildman–Crippen LogP) is 2.99. The molecule has 1 rings (SSSR count). The molecule has 7 heteroatoms. The number of halogens is 2. The van der Waals surface area contributed by atoms with E-state index in [0.717, 1.165) is 4.47 Å². The molecule has 0 aliphatic carbocycles. The molecule has 0 fully saturated rings. The van der Waals surface area contributed by atoms with Crippen molar-refractivity contribution in [1.82, 2.24) is 4.31 Å². The molecule has 0 atom stereocenters. The van der Waals surface area contributed by atoms with E-state index in [1.807, 2.05) is 13.8 Å². The molecule has 1 aromatic carbocycles. The highest BCUT2D eigenvalue weighted by molar-refractivity contribution is 9.11. The monoisotopic (exact) mass is 413 g/mol. The summed E-state index contributed by atoms with van der Waals surface area (Å²) in [6.07, 6.45) is 0.422. The first-order valence-corrected chi connectivity index (χ1v) is 8.91. The third kappa shape index (κ3) is 4.26. The average Bonchev–Trinajstić information content (AvgIpc) is 2.27. The zero-order chi connectivity index (χ0) is 14.6. The summed E-state index contributed by atoms with van der Waals surface area (Å²) >= 11 is 6.58. The van der Waals surface area contributed by atoms with Gasteiger partial charge in [-0.25, -0.2) is 8.42 Å². The number of aliphatic hydroxyl groups is 1. The smallest absolute Gasteiger partial charge is 0.244 e. The number of nitrogens with zero attached hydrogens (tertiary/aromatic N) is 1. The highest BCUT2D eigenvalue weighted by Crippen LogP contribution is 2.29. The molecular formula is C12H17Br2NO3S. The van der Waals surface area contributed by atoms with Gasteiger partial charge >= 0.3 is 0 Å². The summed E-state index contributed by atoms with van der Waals surface area (Å²) in [6.45, 7) is 3.92. The summed E-state index contributed by atoms with van der Waals surface area (Å²) in [5, 5.41) is 8.89. The molecule has 0 saturated carbocycles. The summed E-state index contributed by atoms with van der Waals surface area (Å²) in [7, 11) is -3.57. The molecule has 0 aromatic heterocycles. The van der Waals surface area contributed by atoms with Gasteiger partial charge in [0.15, 0.2) is 0 Å². The number of aliphatic hydroxyl groups excluding tert-OH is 1. The lowest BCUT2D eigenvalue weighted by atomic mass is 10.3. The van der Waals surface area contributed by atoms with E-state index < -0.39 is 10.0 Å². The lowest BCUT2D eigenvalue weighted by Gasteiger charge is -2.26. The van der Waals surface area contributed by atoms with Gasteiger partial charge in [0.1, 0.15) is 0 Å². The van der Waals surface area contributed by atoms with E-state index in [0.29, 0.717) is 17.4 Å². The van der Waals surface area contributed by atoms with Gasteiger partial charge in [0, 0.05) is 28.1 Å². The van der Waals surface area contributed by atoms with E-state index in [4.69, 9.17) is 5.11 Å². The second kappa shape index (κ2) is 7.17. The zero-order valence-electron chi connectivity index (χ0n) is 10.8. The number of hydrogen-bond donors (Lipinski definition) is 1. The maximum absolute atomic E-state index is 12.6.